The zero-order valence-corrected chi connectivity index (χ0v) is 16.6. The van der Waals surface area contributed by atoms with E-state index in [4.69, 9.17) is 16.3 Å². The maximum absolute atomic E-state index is 12.3. The largest absolute Gasteiger partial charge is 0.503 e. The number of nitrogens with zero attached hydrogens (tertiary/aromatic N) is 1. The minimum absolute atomic E-state index is 0.211. The summed E-state index contributed by atoms with van der Waals surface area (Å²) < 4.78 is 7.43. The third-order valence-corrected chi connectivity index (χ3v) is 4.74. The molecule has 0 unspecified atom stereocenters. The average molecular weight is 413 g/mol. The molecule has 0 saturated carbocycles. The first-order chi connectivity index (χ1) is 13.9. The summed E-state index contributed by atoms with van der Waals surface area (Å²) in [6, 6.07) is 15.6. The minimum Gasteiger partial charge on any atom is -0.503 e. The standard InChI is InChI=1S/C22H21ClN2O4/c1-15-21(27)20(26)10-12-25(15)13-11-24-22(28)17-4-8-19(9-5-17)29-14-16-2-6-18(23)7-3-16/h2-10,12,27H,11,13-14H2,1H3,(H,24,28). The van der Waals surface area contributed by atoms with E-state index in [1.54, 1.807) is 42.0 Å². The Morgan fingerprint density at radius 1 is 1.10 bits per heavy atom. The summed E-state index contributed by atoms with van der Waals surface area (Å²) in [5.41, 5.74) is 1.57. The monoisotopic (exact) mass is 412 g/mol. The van der Waals surface area contributed by atoms with E-state index >= 15 is 0 Å². The van der Waals surface area contributed by atoms with Crippen LogP contribution in [0.4, 0.5) is 0 Å². The van der Waals surface area contributed by atoms with Gasteiger partial charge in [0, 0.05) is 35.9 Å². The van der Waals surface area contributed by atoms with Gasteiger partial charge in [-0.2, -0.15) is 0 Å². The lowest BCUT2D eigenvalue weighted by atomic mass is 10.2. The Morgan fingerprint density at radius 2 is 1.79 bits per heavy atom. The van der Waals surface area contributed by atoms with Gasteiger partial charge in [0.1, 0.15) is 12.4 Å². The first kappa shape index (κ1) is 20.5. The van der Waals surface area contributed by atoms with Gasteiger partial charge in [0.15, 0.2) is 5.75 Å². The van der Waals surface area contributed by atoms with E-state index in [9.17, 15) is 14.7 Å². The van der Waals surface area contributed by atoms with Crippen molar-refractivity contribution < 1.29 is 14.6 Å². The van der Waals surface area contributed by atoms with Crippen molar-refractivity contribution in [2.24, 2.45) is 0 Å². The number of halogens is 1. The number of benzene rings is 2. The highest BCUT2D eigenvalue weighted by molar-refractivity contribution is 6.30. The predicted octanol–water partition coefficient (Wildman–Crippen LogP) is 3.52. The minimum atomic E-state index is -0.416. The van der Waals surface area contributed by atoms with E-state index in [-0.39, 0.29) is 11.7 Å². The van der Waals surface area contributed by atoms with Gasteiger partial charge >= 0.3 is 0 Å². The smallest absolute Gasteiger partial charge is 0.251 e. The van der Waals surface area contributed by atoms with E-state index in [2.05, 4.69) is 5.32 Å². The molecule has 0 bridgehead atoms. The molecule has 3 aromatic rings. The van der Waals surface area contributed by atoms with Gasteiger partial charge in [0.05, 0.1) is 5.69 Å². The molecular formula is C22H21ClN2O4. The summed E-state index contributed by atoms with van der Waals surface area (Å²) in [4.78, 5) is 23.7. The molecule has 1 aromatic heterocycles. The number of rotatable bonds is 7. The lowest BCUT2D eigenvalue weighted by Gasteiger charge is -2.12. The number of hydrogen-bond donors (Lipinski definition) is 2. The van der Waals surface area contributed by atoms with Crippen molar-refractivity contribution in [1.82, 2.24) is 9.88 Å². The highest BCUT2D eigenvalue weighted by Crippen LogP contribution is 2.16. The molecule has 0 aliphatic rings. The van der Waals surface area contributed by atoms with Crippen LogP contribution in [-0.2, 0) is 13.2 Å². The van der Waals surface area contributed by atoms with Crippen LogP contribution in [0.2, 0.25) is 5.02 Å². The van der Waals surface area contributed by atoms with Gasteiger partial charge < -0.3 is 19.7 Å². The number of nitrogens with one attached hydrogen (secondary N) is 1. The molecule has 3 rings (SSSR count). The first-order valence-corrected chi connectivity index (χ1v) is 9.46. The summed E-state index contributed by atoms with van der Waals surface area (Å²) in [6.45, 7) is 2.86. The third kappa shape index (κ3) is 5.39. The Bertz CT molecular complexity index is 1040. The molecule has 1 heterocycles. The summed E-state index contributed by atoms with van der Waals surface area (Å²) in [7, 11) is 0. The van der Waals surface area contributed by atoms with Crippen molar-refractivity contribution in [3.8, 4) is 11.5 Å². The fourth-order valence-corrected chi connectivity index (χ4v) is 2.87. The van der Waals surface area contributed by atoms with Crippen LogP contribution in [-0.4, -0.2) is 22.1 Å². The van der Waals surface area contributed by atoms with Gasteiger partial charge in [0.25, 0.3) is 5.91 Å². The van der Waals surface area contributed by atoms with E-state index in [1.807, 2.05) is 24.3 Å². The van der Waals surface area contributed by atoms with E-state index < -0.39 is 5.43 Å². The van der Waals surface area contributed by atoms with Crippen LogP contribution < -0.4 is 15.5 Å². The summed E-state index contributed by atoms with van der Waals surface area (Å²) in [5, 5.41) is 13.2. The molecule has 0 aliphatic heterocycles. The van der Waals surface area contributed by atoms with Crippen molar-refractivity contribution in [3.05, 3.63) is 92.9 Å². The van der Waals surface area contributed by atoms with Gasteiger partial charge in [-0.3, -0.25) is 9.59 Å². The fourth-order valence-electron chi connectivity index (χ4n) is 2.75. The highest BCUT2D eigenvalue weighted by atomic mass is 35.5. The van der Waals surface area contributed by atoms with Crippen LogP contribution in [0.5, 0.6) is 11.5 Å². The molecule has 7 heteroatoms. The zero-order chi connectivity index (χ0) is 20.8. The second-order valence-corrected chi connectivity index (χ2v) is 6.94. The van der Waals surface area contributed by atoms with Crippen molar-refractivity contribution in [2.45, 2.75) is 20.1 Å². The van der Waals surface area contributed by atoms with Gasteiger partial charge in [0.2, 0.25) is 5.43 Å². The van der Waals surface area contributed by atoms with Crippen molar-refractivity contribution in [2.75, 3.05) is 6.54 Å². The highest BCUT2D eigenvalue weighted by Gasteiger charge is 2.08. The Balaban J connectivity index is 1.50. The molecule has 0 fully saturated rings. The molecule has 0 aliphatic carbocycles. The average Bonchev–Trinajstić information content (AvgIpc) is 2.73. The van der Waals surface area contributed by atoms with Crippen molar-refractivity contribution in [3.63, 3.8) is 0 Å². The molecule has 29 heavy (non-hydrogen) atoms. The van der Waals surface area contributed by atoms with Crippen molar-refractivity contribution in [1.29, 1.82) is 0 Å². The molecule has 0 saturated heterocycles. The fraction of sp³-hybridized carbons (Fsp3) is 0.182. The van der Waals surface area contributed by atoms with Crippen LogP contribution in [0.15, 0.2) is 65.6 Å². The summed E-state index contributed by atoms with van der Waals surface area (Å²) >= 11 is 5.86. The number of hydrogen-bond acceptors (Lipinski definition) is 4. The van der Waals surface area contributed by atoms with Gasteiger partial charge in [-0.05, 0) is 48.9 Å². The summed E-state index contributed by atoms with van der Waals surface area (Å²) in [6.07, 6.45) is 1.59. The van der Waals surface area contributed by atoms with Gasteiger partial charge in [-0.1, -0.05) is 23.7 Å². The second kappa shape index (κ2) is 9.30. The van der Waals surface area contributed by atoms with Gasteiger partial charge in [-0.25, -0.2) is 0 Å². The Kier molecular flexibility index (Phi) is 6.57. The van der Waals surface area contributed by atoms with Crippen LogP contribution in [0.1, 0.15) is 21.6 Å². The Hall–Kier alpha value is -3.25. The number of amides is 1. The number of carbonyl (C=O) groups is 1. The van der Waals surface area contributed by atoms with Gasteiger partial charge in [-0.15, -0.1) is 0 Å². The molecule has 2 aromatic carbocycles. The predicted molar refractivity (Wildman–Crippen MR) is 112 cm³/mol. The molecule has 1 amide bonds. The SMILES string of the molecule is Cc1c(O)c(=O)ccn1CCNC(=O)c1ccc(OCc2ccc(Cl)cc2)cc1. The maximum atomic E-state index is 12.3. The van der Waals surface area contributed by atoms with Crippen molar-refractivity contribution >= 4 is 17.5 Å². The number of ether oxygens (including phenoxy) is 1. The maximum Gasteiger partial charge on any atom is 0.251 e. The lowest BCUT2D eigenvalue weighted by Crippen LogP contribution is -2.28. The Morgan fingerprint density at radius 3 is 2.48 bits per heavy atom. The van der Waals surface area contributed by atoms with E-state index in [1.165, 1.54) is 6.07 Å². The Labute approximate surface area is 173 Å². The quantitative estimate of drug-likeness (QED) is 0.622. The molecule has 0 radical (unpaired) electrons. The third-order valence-electron chi connectivity index (χ3n) is 4.49. The molecule has 2 N–H and O–H groups in total. The van der Waals surface area contributed by atoms with E-state index in [0.717, 1.165) is 5.56 Å². The van der Waals surface area contributed by atoms with Crippen LogP contribution in [0, 0.1) is 6.92 Å². The number of aromatic hydroxyl groups is 1. The molecular weight excluding hydrogens is 392 g/mol. The number of pyridine rings is 1. The zero-order valence-electron chi connectivity index (χ0n) is 15.9. The number of aromatic nitrogens is 1. The van der Waals surface area contributed by atoms with Crippen LogP contribution in [0.25, 0.3) is 0 Å². The first-order valence-electron chi connectivity index (χ1n) is 9.08. The molecule has 0 atom stereocenters. The molecule has 0 spiro atoms. The summed E-state index contributed by atoms with van der Waals surface area (Å²) in [5.74, 6) is 0.182. The normalized spacial score (nSPS) is 10.6. The lowest BCUT2D eigenvalue weighted by molar-refractivity contribution is 0.0952. The van der Waals surface area contributed by atoms with E-state index in [0.29, 0.717) is 41.7 Å². The molecule has 150 valence electrons. The van der Waals surface area contributed by atoms with Crippen LogP contribution in [0.3, 0.4) is 0 Å². The molecule has 6 nitrogen and oxygen atoms in total. The topological polar surface area (TPSA) is 80.6 Å². The number of carbonyl (C=O) groups excluding carboxylic acids is 1. The second-order valence-electron chi connectivity index (χ2n) is 6.50. The van der Waals surface area contributed by atoms with Crippen LogP contribution >= 0.6 is 11.6 Å².